The standard InChI is InChI=1S/C20H25N3O5S2/c1-15-3-9-19(10-4-15)30(27,28)22-18-7-5-17(6-8-18)21-20(24)16-11-13-23(14-12-16)29(2,25)26/h3-10,16,22H,11-14H2,1-2H3,(H,21,24). The van der Waals surface area contributed by atoms with E-state index in [2.05, 4.69) is 10.0 Å². The van der Waals surface area contributed by atoms with E-state index >= 15 is 0 Å². The van der Waals surface area contributed by atoms with E-state index < -0.39 is 20.0 Å². The van der Waals surface area contributed by atoms with Gasteiger partial charge < -0.3 is 5.32 Å². The lowest BCUT2D eigenvalue weighted by Gasteiger charge is -2.29. The molecular weight excluding hydrogens is 426 g/mol. The monoisotopic (exact) mass is 451 g/mol. The average molecular weight is 452 g/mol. The van der Waals surface area contributed by atoms with Crippen LogP contribution in [0.15, 0.2) is 53.4 Å². The third-order valence-corrected chi connectivity index (χ3v) is 7.73. The van der Waals surface area contributed by atoms with Crippen molar-refractivity contribution in [3.8, 4) is 0 Å². The lowest BCUT2D eigenvalue weighted by molar-refractivity contribution is -0.120. The Bertz CT molecular complexity index is 1100. The predicted molar refractivity (Wildman–Crippen MR) is 116 cm³/mol. The quantitative estimate of drug-likeness (QED) is 0.700. The first-order chi connectivity index (χ1) is 14.0. The molecule has 0 bridgehead atoms. The summed E-state index contributed by atoms with van der Waals surface area (Å²) in [6.07, 6.45) is 2.10. The van der Waals surface area contributed by atoms with Crippen LogP contribution in [0, 0.1) is 12.8 Å². The number of amides is 1. The number of sulfonamides is 2. The van der Waals surface area contributed by atoms with E-state index in [1.807, 2.05) is 6.92 Å². The topological polar surface area (TPSA) is 113 Å². The van der Waals surface area contributed by atoms with Crippen molar-refractivity contribution in [2.45, 2.75) is 24.7 Å². The molecule has 1 aliphatic rings. The van der Waals surface area contributed by atoms with E-state index in [0.29, 0.717) is 37.3 Å². The molecule has 0 aromatic heterocycles. The molecule has 1 amide bonds. The molecule has 8 nitrogen and oxygen atoms in total. The first kappa shape index (κ1) is 22.3. The van der Waals surface area contributed by atoms with Gasteiger partial charge in [0.1, 0.15) is 0 Å². The maximum Gasteiger partial charge on any atom is 0.261 e. The summed E-state index contributed by atoms with van der Waals surface area (Å²) >= 11 is 0. The van der Waals surface area contributed by atoms with Gasteiger partial charge in [0.2, 0.25) is 15.9 Å². The zero-order chi connectivity index (χ0) is 21.9. The molecule has 0 unspecified atom stereocenters. The summed E-state index contributed by atoms with van der Waals surface area (Å²) in [6, 6.07) is 12.9. The van der Waals surface area contributed by atoms with Crippen LogP contribution < -0.4 is 10.0 Å². The summed E-state index contributed by atoms with van der Waals surface area (Å²) in [5.41, 5.74) is 1.90. The van der Waals surface area contributed by atoms with Crippen LogP contribution in [0.1, 0.15) is 18.4 Å². The number of carbonyl (C=O) groups excluding carboxylic acids is 1. The van der Waals surface area contributed by atoms with Crippen molar-refractivity contribution >= 4 is 37.3 Å². The van der Waals surface area contributed by atoms with Gasteiger partial charge in [-0.3, -0.25) is 9.52 Å². The molecule has 0 spiro atoms. The van der Waals surface area contributed by atoms with Crippen molar-refractivity contribution in [1.29, 1.82) is 0 Å². The number of benzene rings is 2. The van der Waals surface area contributed by atoms with E-state index in [-0.39, 0.29) is 16.7 Å². The number of nitrogens with one attached hydrogen (secondary N) is 2. The maximum absolute atomic E-state index is 12.5. The molecule has 1 fully saturated rings. The molecule has 0 atom stereocenters. The van der Waals surface area contributed by atoms with Gasteiger partial charge in [0.15, 0.2) is 0 Å². The van der Waals surface area contributed by atoms with Gasteiger partial charge in [0.25, 0.3) is 10.0 Å². The Morgan fingerprint density at radius 1 is 0.900 bits per heavy atom. The summed E-state index contributed by atoms with van der Waals surface area (Å²) in [5, 5.41) is 2.81. The van der Waals surface area contributed by atoms with Crippen LogP contribution >= 0.6 is 0 Å². The van der Waals surface area contributed by atoms with Gasteiger partial charge in [-0.2, -0.15) is 0 Å². The molecule has 2 N–H and O–H groups in total. The second kappa shape index (κ2) is 8.75. The van der Waals surface area contributed by atoms with E-state index in [1.165, 1.54) is 10.6 Å². The summed E-state index contributed by atoms with van der Waals surface area (Å²) in [5.74, 6) is -0.432. The molecular formula is C20H25N3O5S2. The van der Waals surface area contributed by atoms with E-state index in [1.54, 1.807) is 48.5 Å². The Hall–Kier alpha value is -2.43. The Labute approximate surface area is 177 Å². The Morgan fingerprint density at radius 2 is 1.43 bits per heavy atom. The van der Waals surface area contributed by atoms with Crippen LogP contribution in [0.2, 0.25) is 0 Å². The molecule has 2 aromatic rings. The molecule has 2 aromatic carbocycles. The maximum atomic E-state index is 12.5. The zero-order valence-corrected chi connectivity index (χ0v) is 18.5. The molecule has 162 valence electrons. The van der Waals surface area contributed by atoms with Crippen molar-refractivity contribution in [3.05, 3.63) is 54.1 Å². The molecule has 10 heteroatoms. The number of hydrogen-bond donors (Lipinski definition) is 2. The Balaban J connectivity index is 1.58. The fourth-order valence-electron chi connectivity index (χ4n) is 3.25. The average Bonchev–Trinajstić information content (AvgIpc) is 2.69. The third kappa shape index (κ3) is 5.59. The smallest absolute Gasteiger partial charge is 0.261 e. The van der Waals surface area contributed by atoms with Crippen molar-refractivity contribution < 1.29 is 21.6 Å². The van der Waals surface area contributed by atoms with Crippen LogP contribution in [-0.4, -0.2) is 46.4 Å². The minimum atomic E-state index is -3.69. The van der Waals surface area contributed by atoms with Gasteiger partial charge in [-0.1, -0.05) is 17.7 Å². The normalized spacial score (nSPS) is 16.2. The number of aryl methyl sites for hydroxylation is 1. The number of anilines is 2. The molecule has 0 aliphatic carbocycles. The van der Waals surface area contributed by atoms with Crippen molar-refractivity contribution in [2.75, 3.05) is 29.4 Å². The van der Waals surface area contributed by atoms with Crippen molar-refractivity contribution in [2.24, 2.45) is 5.92 Å². The van der Waals surface area contributed by atoms with E-state index in [0.717, 1.165) is 5.56 Å². The van der Waals surface area contributed by atoms with Crippen LogP contribution in [0.4, 0.5) is 11.4 Å². The van der Waals surface area contributed by atoms with Gasteiger partial charge in [-0.25, -0.2) is 21.1 Å². The minimum absolute atomic E-state index is 0.170. The lowest BCUT2D eigenvalue weighted by atomic mass is 9.97. The molecule has 0 radical (unpaired) electrons. The lowest BCUT2D eigenvalue weighted by Crippen LogP contribution is -2.40. The van der Waals surface area contributed by atoms with E-state index in [9.17, 15) is 21.6 Å². The summed E-state index contributed by atoms with van der Waals surface area (Å²) in [6.45, 7) is 2.54. The predicted octanol–water partition coefficient (Wildman–Crippen LogP) is 2.41. The number of nitrogens with zero attached hydrogens (tertiary/aromatic N) is 1. The minimum Gasteiger partial charge on any atom is -0.326 e. The molecule has 1 heterocycles. The number of rotatable bonds is 6. The first-order valence-electron chi connectivity index (χ1n) is 9.50. The highest BCUT2D eigenvalue weighted by Crippen LogP contribution is 2.23. The summed E-state index contributed by atoms with van der Waals surface area (Å²) in [4.78, 5) is 12.6. The Kier molecular flexibility index (Phi) is 6.49. The van der Waals surface area contributed by atoms with Crippen molar-refractivity contribution in [3.63, 3.8) is 0 Å². The SMILES string of the molecule is Cc1ccc(S(=O)(=O)Nc2ccc(NC(=O)C3CCN(S(C)(=O)=O)CC3)cc2)cc1. The molecule has 30 heavy (non-hydrogen) atoms. The molecule has 1 aliphatic heterocycles. The second-order valence-corrected chi connectivity index (χ2v) is 11.1. The van der Waals surface area contributed by atoms with Gasteiger partial charge in [0.05, 0.1) is 11.2 Å². The molecule has 1 saturated heterocycles. The summed E-state index contributed by atoms with van der Waals surface area (Å²) < 4.78 is 51.9. The van der Waals surface area contributed by atoms with Crippen LogP contribution in [-0.2, 0) is 24.8 Å². The number of carbonyl (C=O) groups is 1. The summed E-state index contributed by atoms with van der Waals surface area (Å²) in [7, 11) is -6.92. The Morgan fingerprint density at radius 3 is 1.97 bits per heavy atom. The van der Waals surface area contributed by atoms with Crippen LogP contribution in [0.25, 0.3) is 0 Å². The number of piperidine rings is 1. The van der Waals surface area contributed by atoms with Crippen LogP contribution in [0.3, 0.4) is 0 Å². The van der Waals surface area contributed by atoms with Crippen molar-refractivity contribution in [1.82, 2.24) is 4.31 Å². The van der Waals surface area contributed by atoms with Gasteiger partial charge in [-0.05, 0) is 56.2 Å². The first-order valence-corrected chi connectivity index (χ1v) is 12.8. The highest BCUT2D eigenvalue weighted by atomic mass is 32.2. The molecule has 0 saturated carbocycles. The van der Waals surface area contributed by atoms with Gasteiger partial charge in [-0.15, -0.1) is 0 Å². The van der Waals surface area contributed by atoms with Crippen LogP contribution in [0.5, 0.6) is 0 Å². The van der Waals surface area contributed by atoms with Gasteiger partial charge >= 0.3 is 0 Å². The molecule has 3 rings (SSSR count). The highest BCUT2D eigenvalue weighted by molar-refractivity contribution is 7.92. The van der Waals surface area contributed by atoms with E-state index in [4.69, 9.17) is 0 Å². The van der Waals surface area contributed by atoms with Gasteiger partial charge in [0, 0.05) is 30.4 Å². The largest absolute Gasteiger partial charge is 0.326 e. The fraction of sp³-hybridized carbons (Fsp3) is 0.350. The highest BCUT2D eigenvalue weighted by Gasteiger charge is 2.28. The third-order valence-electron chi connectivity index (χ3n) is 5.03. The number of hydrogen-bond acceptors (Lipinski definition) is 5. The second-order valence-electron chi connectivity index (χ2n) is 7.42. The zero-order valence-electron chi connectivity index (χ0n) is 16.8. The fourth-order valence-corrected chi connectivity index (χ4v) is 5.18.